The molecule has 0 bridgehead atoms. The third-order valence-corrected chi connectivity index (χ3v) is 4.58. The number of aryl methyl sites for hydroxylation is 2. The van der Waals surface area contributed by atoms with E-state index in [0.717, 1.165) is 38.2 Å². The molecule has 1 saturated heterocycles. The van der Waals surface area contributed by atoms with E-state index in [4.69, 9.17) is 16.3 Å². The minimum absolute atomic E-state index is 0.313. The Morgan fingerprint density at radius 1 is 1.17 bits per heavy atom. The highest BCUT2D eigenvalue weighted by atomic mass is 35.5. The zero-order valence-corrected chi connectivity index (χ0v) is 14.5. The second kappa shape index (κ2) is 7.33. The molecule has 0 radical (unpaired) electrons. The maximum absolute atomic E-state index is 6.23. The van der Waals surface area contributed by atoms with Gasteiger partial charge in [0.25, 0.3) is 0 Å². The largest absolute Gasteiger partial charge is 0.490 e. The summed E-state index contributed by atoms with van der Waals surface area (Å²) >= 11 is 5.95. The highest BCUT2D eigenvalue weighted by Crippen LogP contribution is 2.24. The van der Waals surface area contributed by atoms with Crippen molar-refractivity contribution in [2.45, 2.75) is 39.3 Å². The predicted molar refractivity (Wildman–Crippen MR) is 94.1 cm³/mol. The van der Waals surface area contributed by atoms with Gasteiger partial charge in [0.1, 0.15) is 17.0 Å². The van der Waals surface area contributed by atoms with E-state index in [9.17, 15) is 0 Å². The number of hydrogen-bond donors (Lipinski definition) is 0. The molecule has 0 aliphatic carbocycles. The van der Waals surface area contributed by atoms with E-state index in [-0.39, 0.29) is 0 Å². The molecule has 1 aromatic heterocycles. The van der Waals surface area contributed by atoms with Gasteiger partial charge in [-0.1, -0.05) is 23.7 Å². The minimum atomic E-state index is 0.313. The molecule has 1 aliphatic heterocycles. The molecule has 1 fully saturated rings. The summed E-state index contributed by atoms with van der Waals surface area (Å²) in [6, 6.07) is 10.4. The van der Waals surface area contributed by atoms with Crippen LogP contribution in [0.3, 0.4) is 0 Å². The van der Waals surface area contributed by atoms with Gasteiger partial charge in [0.15, 0.2) is 0 Å². The van der Waals surface area contributed by atoms with Crippen LogP contribution >= 0.6 is 11.6 Å². The van der Waals surface area contributed by atoms with Gasteiger partial charge in [-0.2, -0.15) is 0 Å². The fourth-order valence-electron chi connectivity index (χ4n) is 3.00. The highest BCUT2D eigenvalue weighted by molar-refractivity contribution is 6.29. The fourth-order valence-corrected chi connectivity index (χ4v) is 3.19. The van der Waals surface area contributed by atoms with Crippen LogP contribution < -0.4 is 4.74 Å². The zero-order chi connectivity index (χ0) is 16.2. The molecule has 1 aromatic carbocycles. The first-order valence-corrected chi connectivity index (χ1v) is 8.54. The number of rotatable bonds is 4. The van der Waals surface area contributed by atoms with Gasteiger partial charge < -0.3 is 4.74 Å². The Bertz CT molecular complexity index is 666. The molecular weight excluding hydrogens is 308 g/mol. The van der Waals surface area contributed by atoms with Crippen molar-refractivity contribution < 1.29 is 4.74 Å². The van der Waals surface area contributed by atoms with Crippen molar-refractivity contribution in [3.63, 3.8) is 0 Å². The quantitative estimate of drug-likeness (QED) is 0.777. The molecule has 3 rings (SSSR count). The van der Waals surface area contributed by atoms with Crippen molar-refractivity contribution in [2.24, 2.45) is 0 Å². The highest BCUT2D eigenvalue weighted by Gasteiger charge is 2.21. The monoisotopic (exact) mass is 330 g/mol. The zero-order valence-electron chi connectivity index (χ0n) is 13.8. The lowest BCUT2D eigenvalue weighted by Gasteiger charge is -2.32. The van der Waals surface area contributed by atoms with Gasteiger partial charge in [-0.25, -0.2) is 4.98 Å². The van der Waals surface area contributed by atoms with Gasteiger partial charge in [-0.05, 0) is 61.6 Å². The maximum atomic E-state index is 6.23. The number of halogens is 1. The van der Waals surface area contributed by atoms with Crippen molar-refractivity contribution >= 4 is 11.6 Å². The van der Waals surface area contributed by atoms with E-state index in [2.05, 4.69) is 41.9 Å². The van der Waals surface area contributed by atoms with Crippen LogP contribution in [0.15, 0.2) is 36.5 Å². The van der Waals surface area contributed by atoms with Crippen LogP contribution in [-0.2, 0) is 6.54 Å². The Balaban J connectivity index is 1.53. The first-order valence-electron chi connectivity index (χ1n) is 8.17. The lowest BCUT2D eigenvalue weighted by molar-refractivity contribution is 0.0962. The molecule has 0 saturated carbocycles. The summed E-state index contributed by atoms with van der Waals surface area (Å²) in [5.41, 5.74) is 3.68. The van der Waals surface area contributed by atoms with E-state index in [0.29, 0.717) is 11.3 Å². The normalized spacial score (nSPS) is 16.5. The molecule has 1 aliphatic rings. The molecule has 23 heavy (non-hydrogen) atoms. The minimum Gasteiger partial charge on any atom is -0.490 e. The Hall–Kier alpha value is -1.58. The standard InChI is InChI=1S/C19H23ClN2O/c1-14-3-4-15(2)18(11-14)23-17-6-9-22(10-7-17)13-16-5-8-21-19(20)12-16/h3-5,8,11-12,17H,6-7,9-10,13H2,1-2H3. The number of likely N-dealkylation sites (tertiary alicyclic amines) is 1. The molecule has 0 unspecified atom stereocenters. The lowest BCUT2D eigenvalue weighted by Crippen LogP contribution is -2.37. The van der Waals surface area contributed by atoms with Gasteiger partial charge in [0.05, 0.1) is 0 Å². The van der Waals surface area contributed by atoms with E-state index < -0.39 is 0 Å². The van der Waals surface area contributed by atoms with Crippen LogP contribution in [0.1, 0.15) is 29.5 Å². The van der Waals surface area contributed by atoms with Crippen molar-refractivity contribution in [3.8, 4) is 5.75 Å². The van der Waals surface area contributed by atoms with Crippen molar-refractivity contribution in [3.05, 3.63) is 58.4 Å². The summed E-state index contributed by atoms with van der Waals surface area (Å²) in [5.74, 6) is 1.03. The van der Waals surface area contributed by atoms with E-state index in [1.165, 1.54) is 16.7 Å². The molecular formula is C19H23ClN2O. The van der Waals surface area contributed by atoms with Crippen molar-refractivity contribution in [1.82, 2.24) is 9.88 Å². The van der Waals surface area contributed by atoms with Crippen LogP contribution in [0.4, 0.5) is 0 Å². The van der Waals surface area contributed by atoms with Gasteiger partial charge in [-0.15, -0.1) is 0 Å². The first kappa shape index (κ1) is 16.3. The number of benzene rings is 1. The molecule has 0 atom stereocenters. The molecule has 0 amide bonds. The molecule has 0 N–H and O–H groups in total. The van der Waals surface area contributed by atoms with Crippen molar-refractivity contribution in [2.75, 3.05) is 13.1 Å². The second-order valence-electron chi connectivity index (χ2n) is 6.35. The van der Waals surface area contributed by atoms with Gasteiger partial charge in [0, 0.05) is 25.8 Å². The molecule has 122 valence electrons. The average Bonchev–Trinajstić information content (AvgIpc) is 2.53. The maximum Gasteiger partial charge on any atom is 0.129 e. The number of nitrogens with zero attached hydrogens (tertiary/aromatic N) is 2. The summed E-state index contributed by atoms with van der Waals surface area (Å²) < 4.78 is 6.23. The van der Waals surface area contributed by atoms with Crippen molar-refractivity contribution in [1.29, 1.82) is 0 Å². The number of ether oxygens (including phenoxy) is 1. The number of hydrogen-bond acceptors (Lipinski definition) is 3. The van der Waals surface area contributed by atoms with Crippen LogP contribution in [0.2, 0.25) is 5.15 Å². The Labute approximate surface area is 143 Å². The Kier molecular flexibility index (Phi) is 5.19. The summed E-state index contributed by atoms with van der Waals surface area (Å²) in [7, 11) is 0. The van der Waals surface area contributed by atoms with E-state index >= 15 is 0 Å². The number of pyridine rings is 1. The Morgan fingerprint density at radius 2 is 1.96 bits per heavy atom. The topological polar surface area (TPSA) is 25.4 Å². The van der Waals surface area contributed by atoms with Crippen LogP contribution in [0, 0.1) is 13.8 Å². The third kappa shape index (κ3) is 4.46. The second-order valence-corrected chi connectivity index (χ2v) is 6.74. The van der Waals surface area contributed by atoms with Gasteiger partial charge >= 0.3 is 0 Å². The third-order valence-electron chi connectivity index (χ3n) is 4.37. The van der Waals surface area contributed by atoms with Crippen LogP contribution in [-0.4, -0.2) is 29.1 Å². The summed E-state index contributed by atoms with van der Waals surface area (Å²) in [4.78, 5) is 6.49. The molecule has 4 heteroatoms. The lowest BCUT2D eigenvalue weighted by atomic mass is 10.1. The average molecular weight is 331 g/mol. The molecule has 0 spiro atoms. The molecule has 2 aromatic rings. The number of piperidine rings is 1. The first-order chi connectivity index (χ1) is 11.1. The fraction of sp³-hybridized carbons (Fsp3) is 0.421. The summed E-state index contributed by atoms with van der Waals surface area (Å²) in [5, 5.41) is 0.565. The van der Waals surface area contributed by atoms with E-state index in [1.54, 1.807) is 6.20 Å². The predicted octanol–water partition coefficient (Wildman–Crippen LogP) is 4.40. The summed E-state index contributed by atoms with van der Waals surface area (Å²) in [6.45, 7) is 7.25. The number of aromatic nitrogens is 1. The summed E-state index contributed by atoms with van der Waals surface area (Å²) in [6.07, 6.45) is 4.21. The smallest absolute Gasteiger partial charge is 0.129 e. The van der Waals surface area contributed by atoms with Gasteiger partial charge in [-0.3, -0.25) is 4.90 Å². The van der Waals surface area contributed by atoms with Crippen LogP contribution in [0.25, 0.3) is 0 Å². The Morgan fingerprint density at radius 3 is 2.70 bits per heavy atom. The molecule has 3 nitrogen and oxygen atoms in total. The van der Waals surface area contributed by atoms with Crippen LogP contribution in [0.5, 0.6) is 5.75 Å². The van der Waals surface area contributed by atoms with Gasteiger partial charge in [0.2, 0.25) is 0 Å². The van der Waals surface area contributed by atoms with E-state index in [1.807, 2.05) is 12.1 Å². The SMILES string of the molecule is Cc1ccc(C)c(OC2CCN(Cc3ccnc(Cl)c3)CC2)c1. The molecule has 2 heterocycles.